The molecule has 3 N–H and O–H groups in total. The Balaban J connectivity index is 1.89. The molecule has 2 rings (SSSR count). The van der Waals surface area contributed by atoms with Crippen molar-refractivity contribution in [2.24, 2.45) is 0 Å². The molecule has 1 heterocycles. The van der Waals surface area contributed by atoms with Crippen molar-refractivity contribution in [3.63, 3.8) is 0 Å². The van der Waals surface area contributed by atoms with E-state index in [2.05, 4.69) is 15.5 Å². The topological polar surface area (TPSA) is 78.0 Å². The predicted molar refractivity (Wildman–Crippen MR) is 79.8 cm³/mol. The largest absolute Gasteiger partial charge is 0.392 e. The monoisotopic (exact) mass is 291 g/mol. The third kappa shape index (κ3) is 3.61. The average molecular weight is 291 g/mol. The van der Waals surface area contributed by atoms with Gasteiger partial charge in [-0.2, -0.15) is 5.10 Å². The number of amides is 1. The van der Waals surface area contributed by atoms with Crippen LogP contribution < -0.4 is 5.32 Å². The number of hydrogen-bond acceptors (Lipinski definition) is 4. The number of thioether (sulfide) groups is 1. The summed E-state index contributed by atoms with van der Waals surface area (Å²) in [4.78, 5) is 12.9. The number of benzene rings is 1. The highest BCUT2D eigenvalue weighted by Crippen LogP contribution is 2.20. The van der Waals surface area contributed by atoms with E-state index in [4.69, 9.17) is 5.11 Å². The summed E-state index contributed by atoms with van der Waals surface area (Å²) in [5.41, 5.74) is 3.26. The number of carbonyl (C=O) groups excluding carboxylic acids is 1. The number of anilines is 1. The first kappa shape index (κ1) is 14.6. The molecule has 2 aromatic rings. The van der Waals surface area contributed by atoms with Gasteiger partial charge in [-0.1, -0.05) is 12.1 Å². The van der Waals surface area contributed by atoms with Crippen LogP contribution in [0.2, 0.25) is 0 Å². The molecular weight excluding hydrogens is 274 g/mol. The zero-order valence-corrected chi connectivity index (χ0v) is 12.3. The van der Waals surface area contributed by atoms with Gasteiger partial charge < -0.3 is 10.4 Å². The second-order valence-electron chi connectivity index (χ2n) is 4.45. The molecule has 5 nitrogen and oxygen atoms in total. The first-order valence-electron chi connectivity index (χ1n) is 6.24. The molecule has 0 fully saturated rings. The third-order valence-electron chi connectivity index (χ3n) is 2.87. The van der Waals surface area contributed by atoms with E-state index in [0.717, 1.165) is 27.5 Å². The van der Waals surface area contributed by atoms with Gasteiger partial charge >= 0.3 is 0 Å². The van der Waals surface area contributed by atoms with Gasteiger partial charge in [0, 0.05) is 4.90 Å². The van der Waals surface area contributed by atoms with Crippen LogP contribution in [0.4, 0.5) is 5.69 Å². The normalized spacial score (nSPS) is 10.6. The standard InChI is InChI=1S/C14H17N3O2S/c1-9-14(10(2)17-16-9)15-13(19)8-20-12-5-3-11(7-18)4-6-12/h3-6,18H,7-8H2,1-2H3,(H,15,19)(H,16,17). The summed E-state index contributed by atoms with van der Waals surface area (Å²) in [6.45, 7) is 3.75. The molecule has 0 aliphatic rings. The van der Waals surface area contributed by atoms with Gasteiger partial charge in [0.05, 0.1) is 29.4 Å². The van der Waals surface area contributed by atoms with Crippen molar-refractivity contribution in [2.75, 3.05) is 11.1 Å². The van der Waals surface area contributed by atoms with Gasteiger partial charge in [0.2, 0.25) is 5.91 Å². The highest BCUT2D eigenvalue weighted by Gasteiger charge is 2.10. The number of aromatic nitrogens is 2. The number of rotatable bonds is 5. The summed E-state index contributed by atoms with van der Waals surface area (Å²) in [7, 11) is 0. The highest BCUT2D eigenvalue weighted by atomic mass is 32.2. The lowest BCUT2D eigenvalue weighted by atomic mass is 10.2. The number of aryl methyl sites for hydroxylation is 2. The molecule has 0 aliphatic carbocycles. The van der Waals surface area contributed by atoms with Crippen LogP contribution in [0, 0.1) is 13.8 Å². The molecule has 0 saturated heterocycles. The second kappa shape index (κ2) is 6.58. The van der Waals surface area contributed by atoms with Crippen LogP contribution >= 0.6 is 11.8 Å². The van der Waals surface area contributed by atoms with Crippen LogP contribution in [0.25, 0.3) is 0 Å². The molecule has 0 atom stereocenters. The van der Waals surface area contributed by atoms with E-state index in [1.807, 2.05) is 38.1 Å². The first-order chi connectivity index (χ1) is 9.60. The van der Waals surface area contributed by atoms with Gasteiger partial charge in [0.25, 0.3) is 0 Å². The molecule has 1 aromatic carbocycles. The molecule has 1 aromatic heterocycles. The minimum atomic E-state index is -0.0613. The van der Waals surface area contributed by atoms with Crippen LogP contribution in [0.1, 0.15) is 17.0 Å². The van der Waals surface area contributed by atoms with E-state index in [-0.39, 0.29) is 12.5 Å². The Morgan fingerprint density at radius 3 is 2.60 bits per heavy atom. The van der Waals surface area contributed by atoms with E-state index in [0.29, 0.717) is 5.75 Å². The fourth-order valence-corrected chi connectivity index (χ4v) is 2.45. The fraction of sp³-hybridized carbons (Fsp3) is 0.286. The van der Waals surface area contributed by atoms with Gasteiger partial charge in [0.1, 0.15) is 0 Å². The quantitative estimate of drug-likeness (QED) is 0.738. The summed E-state index contributed by atoms with van der Waals surface area (Å²) in [6.07, 6.45) is 0. The third-order valence-corrected chi connectivity index (χ3v) is 3.88. The number of carbonyl (C=O) groups is 1. The van der Waals surface area contributed by atoms with E-state index in [1.54, 1.807) is 0 Å². The molecule has 106 valence electrons. The number of aliphatic hydroxyl groups excluding tert-OH is 1. The molecule has 0 spiro atoms. The lowest BCUT2D eigenvalue weighted by molar-refractivity contribution is -0.113. The predicted octanol–water partition coefficient (Wildman–Crippen LogP) is 2.25. The molecule has 20 heavy (non-hydrogen) atoms. The Morgan fingerprint density at radius 2 is 2.05 bits per heavy atom. The Morgan fingerprint density at radius 1 is 1.35 bits per heavy atom. The van der Waals surface area contributed by atoms with Gasteiger partial charge in [-0.05, 0) is 31.5 Å². The lowest BCUT2D eigenvalue weighted by Crippen LogP contribution is -2.15. The number of nitrogens with zero attached hydrogens (tertiary/aromatic N) is 1. The van der Waals surface area contributed by atoms with Crippen LogP contribution in [0.3, 0.4) is 0 Å². The van der Waals surface area contributed by atoms with Crippen molar-refractivity contribution in [3.05, 3.63) is 41.2 Å². The molecule has 0 bridgehead atoms. The van der Waals surface area contributed by atoms with E-state index < -0.39 is 0 Å². The summed E-state index contributed by atoms with van der Waals surface area (Å²) >= 11 is 1.46. The van der Waals surface area contributed by atoms with Gasteiger partial charge in [0.15, 0.2) is 0 Å². The van der Waals surface area contributed by atoms with E-state index in [1.165, 1.54) is 11.8 Å². The van der Waals surface area contributed by atoms with Crippen LogP contribution in [0.5, 0.6) is 0 Å². The summed E-state index contributed by atoms with van der Waals surface area (Å²) < 4.78 is 0. The van der Waals surface area contributed by atoms with Crippen LogP contribution in [-0.4, -0.2) is 27.0 Å². The number of aliphatic hydroxyl groups is 1. The minimum absolute atomic E-state index is 0.0322. The summed E-state index contributed by atoms with van der Waals surface area (Å²) in [5.74, 6) is 0.275. The molecule has 0 unspecified atom stereocenters. The smallest absolute Gasteiger partial charge is 0.234 e. The number of hydrogen-bond donors (Lipinski definition) is 3. The average Bonchev–Trinajstić information content (AvgIpc) is 2.77. The maximum absolute atomic E-state index is 11.9. The molecular formula is C14H17N3O2S. The number of aromatic amines is 1. The SMILES string of the molecule is Cc1n[nH]c(C)c1NC(=O)CSc1ccc(CO)cc1. The Hall–Kier alpha value is -1.79. The zero-order valence-electron chi connectivity index (χ0n) is 11.4. The van der Waals surface area contributed by atoms with E-state index >= 15 is 0 Å². The molecule has 0 saturated carbocycles. The minimum Gasteiger partial charge on any atom is -0.392 e. The van der Waals surface area contributed by atoms with Gasteiger partial charge in [-0.3, -0.25) is 9.89 Å². The highest BCUT2D eigenvalue weighted by molar-refractivity contribution is 8.00. The van der Waals surface area contributed by atoms with Crippen molar-refractivity contribution in [2.45, 2.75) is 25.3 Å². The second-order valence-corrected chi connectivity index (χ2v) is 5.50. The number of H-pyrrole nitrogens is 1. The first-order valence-corrected chi connectivity index (χ1v) is 7.22. The molecule has 6 heteroatoms. The maximum atomic E-state index is 11.9. The Bertz CT molecular complexity index is 573. The maximum Gasteiger partial charge on any atom is 0.234 e. The molecule has 0 aliphatic heterocycles. The van der Waals surface area contributed by atoms with Crippen LogP contribution in [-0.2, 0) is 11.4 Å². The van der Waals surface area contributed by atoms with E-state index in [9.17, 15) is 4.79 Å². The van der Waals surface area contributed by atoms with Crippen molar-refractivity contribution < 1.29 is 9.90 Å². The van der Waals surface area contributed by atoms with Crippen molar-refractivity contribution in [1.82, 2.24) is 10.2 Å². The molecule has 1 amide bonds. The van der Waals surface area contributed by atoms with Crippen molar-refractivity contribution in [3.8, 4) is 0 Å². The Labute approximate surface area is 121 Å². The fourth-order valence-electron chi connectivity index (χ4n) is 1.75. The summed E-state index contributed by atoms with van der Waals surface area (Å²) in [5, 5.41) is 18.7. The van der Waals surface area contributed by atoms with Gasteiger partial charge in [-0.25, -0.2) is 0 Å². The number of nitrogens with one attached hydrogen (secondary N) is 2. The zero-order chi connectivity index (χ0) is 14.5. The van der Waals surface area contributed by atoms with Crippen molar-refractivity contribution >= 4 is 23.4 Å². The van der Waals surface area contributed by atoms with Crippen LogP contribution in [0.15, 0.2) is 29.2 Å². The Kier molecular flexibility index (Phi) is 4.81. The van der Waals surface area contributed by atoms with Gasteiger partial charge in [-0.15, -0.1) is 11.8 Å². The lowest BCUT2D eigenvalue weighted by Gasteiger charge is -2.05. The van der Waals surface area contributed by atoms with Crippen molar-refractivity contribution in [1.29, 1.82) is 0 Å². The summed E-state index contributed by atoms with van der Waals surface area (Å²) in [6, 6.07) is 7.50. The molecule has 0 radical (unpaired) electrons.